The van der Waals surface area contributed by atoms with E-state index in [0.29, 0.717) is 17.6 Å². The number of benzene rings is 3. The van der Waals surface area contributed by atoms with Crippen molar-refractivity contribution in [1.82, 2.24) is 0 Å². The van der Waals surface area contributed by atoms with Crippen LogP contribution in [-0.4, -0.2) is 26.0 Å². The predicted molar refractivity (Wildman–Crippen MR) is 112 cm³/mol. The van der Waals surface area contributed by atoms with Crippen molar-refractivity contribution in [2.75, 3.05) is 16.6 Å². The van der Waals surface area contributed by atoms with Crippen molar-refractivity contribution in [2.24, 2.45) is 0 Å². The van der Waals surface area contributed by atoms with Crippen LogP contribution in [-0.2, 0) is 10.0 Å². The monoisotopic (exact) mass is 398 g/mol. The first-order valence-electron chi connectivity index (χ1n) is 9.05. The van der Waals surface area contributed by atoms with Crippen molar-refractivity contribution in [2.45, 2.75) is 24.7 Å². The van der Waals surface area contributed by atoms with E-state index in [1.54, 1.807) is 48.5 Å². The molecule has 0 aliphatic carbocycles. The predicted octanol–water partition coefficient (Wildman–Crippen LogP) is 4.55. The van der Waals surface area contributed by atoms with E-state index in [2.05, 4.69) is 17.0 Å². The molecule has 3 rings (SSSR count). The van der Waals surface area contributed by atoms with Crippen LogP contribution in [0.1, 0.15) is 30.1 Å². The SMILES string of the molecule is CCCCNc1ccccc1S(=O)(=O)Nc1ccc2ccccc2c1C(=O)O. The zero-order chi connectivity index (χ0) is 20.1. The Kier molecular flexibility index (Phi) is 5.84. The van der Waals surface area contributed by atoms with E-state index < -0.39 is 16.0 Å². The van der Waals surface area contributed by atoms with Crippen LogP contribution in [0.5, 0.6) is 0 Å². The lowest BCUT2D eigenvalue weighted by molar-refractivity contribution is 0.0700. The molecule has 3 aromatic carbocycles. The van der Waals surface area contributed by atoms with Gasteiger partial charge in [0.15, 0.2) is 0 Å². The summed E-state index contributed by atoms with van der Waals surface area (Å²) in [5, 5.41) is 14.0. The average molecular weight is 398 g/mol. The largest absolute Gasteiger partial charge is 0.478 e. The van der Waals surface area contributed by atoms with E-state index in [1.807, 2.05) is 0 Å². The second kappa shape index (κ2) is 8.31. The lowest BCUT2D eigenvalue weighted by Crippen LogP contribution is -2.18. The molecular formula is C21H22N2O4S. The molecule has 6 nitrogen and oxygen atoms in total. The number of rotatable bonds is 8. The van der Waals surface area contributed by atoms with E-state index in [9.17, 15) is 18.3 Å². The second-order valence-electron chi connectivity index (χ2n) is 6.40. The highest BCUT2D eigenvalue weighted by Gasteiger charge is 2.22. The molecule has 0 atom stereocenters. The molecule has 0 radical (unpaired) electrons. The molecule has 7 heteroatoms. The highest BCUT2D eigenvalue weighted by Crippen LogP contribution is 2.30. The smallest absolute Gasteiger partial charge is 0.338 e. The molecule has 0 heterocycles. The number of unbranched alkanes of at least 4 members (excludes halogenated alkanes) is 1. The number of hydrogen-bond donors (Lipinski definition) is 3. The van der Waals surface area contributed by atoms with Crippen molar-refractivity contribution < 1.29 is 18.3 Å². The van der Waals surface area contributed by atoms with Crippen LogP contribution in [0.25, 0.3) is 10.8 Å². The van der Waals surface area contributed by atoms with Gasteiger partial charge in [-0.2, -0.15) is 0 Å². The number of hydrogen-bond acceptors (Lipinski definition) is 4. The van der Waals surface area contributed by atoms with Crippen molar-refractivity contribution in [3.05, 3.63) is 66.2 Å². The maximum atomic E-state index is 13.0. The Balaban J connectivity index is 2.02. The third kappa shape index (κ3) is 4.09. The molecule has 0 fully saturated rings. The minimum atomic E-state index is -3.98. The Labute approximate surface area is 164 Å². The second-order valence-corrected chi connectivity index (χ2v) is 8.05. The number of carbonyl (C=O) groups is 1. The van der Waals surface area contributed by atoms with Crippen LogP contribution >= 0.6 is 0 Å². The molecular weight excluding hydrogens is 376 g/mol. The molecule has 0 saturated carbocycles. The summed E-state index contributed by atoms with van der Waals surface area (Å²) in [6.45, 7) is 2.71. The molecule has 0 bridgehead atoms. The first-order valence-corrected chi connectivity index (χ1v) is 10.5. The number of fused-ring (bicyclic) bond motifs is 1. The van der Waals surface area contributed by atoms with Gasteiger partial charge in [0.1, 0.15) is 4.90 Å². The van der Waals surface area contributed by atoms with E-state index in [1.165, 1.54) is 12.1 Å². The zero-order valence-corrected chi connectivity index (χ0v) is 16.3. The van der Waals surface area contributed by atoms with Gasteiger partial charge < -0.3 is 10.4 Å². The number of nitrogens with one attached hydrogen (secondary N) is 2. The van der Waals surface area contributed by atoms with Crippen molar-refractivity contribution >= 4 is 38.1 Å². The molecule has 0 amide bonds. The third-order valence-electron chi connectivity index (χ3n) is 4.41. The summed E-state index contributed by atoms with van der Waals surface area (Å²) in [5.74, 6) is -1.19. The maximum Gasteiger partial charge on any atom is 0.338 e. The lowest BCUT2D eigenvalue weighted by atomic mass is 10.0. The van der Waals surface area contributed by atoms with Crippen LogP contribution in [0.3, 0.4) is 0 Å². The van der Waals surface area contributed by atoms with Gasteiger partial charge in [0.25, 0.3) is 10.0 Å². The summed E-state index contributed by atoms with van der Waals surface area (Å²) in [6.07, 6.45) is 1.90. The first kappa shape index (κ1) is 19.7. The fourth-order valence-electron chi connectivity index (χ4n) is 3.03. The molecule has 0 spiro atoms. The Morgan fingerprint density at radius 2 is 1.68 bits per heavy atom. The normalized spacial score (nSPS) is 11.3. The lowest BCUT2D eigenvalue weighted by Gasteiger charge is -2.16. The molecule has 0 unspecified atom stereocenters. The minimum Gasteiger partial charge on any atom is -0.478 e. The number of anilines is 2. The standard InChI is InChI=1S/C21H22N2O4S/c1-2-3-14-22-17-10-6-7-11-19(17)28(26,27)23-18-13-12-15-8-4-5-9-16(15)20(18)21(24)25/h4-13,22-23H,2-3,14H2,1H3,(H,24,25). The van der Waals surface area contributed by atoms with Gasteiger partial charge >= 0.3 is 5.97 Å². The molecule has 146 valence electrons. The summed E-state index contributed by atoms with van der Waals surface area (Å²) in [5.41, 5.74) is 0.453. The van der Waals surface area contributed by atoms with Crippen LogP contribution in [0.2, 0.25) is 0 Å². The van der Waals surface area contributed by atoms with E-state index in [-0.39, 0.29) is 16.1 Å². The van der Waals surface area contributed by atoms with E-state index >= 15 is 0 Å². The van der Waals surface area contributed by atoms with Crippen LogP contribution in [0.4, 0.5) is 11.4 Å². The fraction of sp³-hybridized carbons (Fsp3) is 0.190. The maximum absolute atomic E-state index is 13.0. The Hall–Kier alpha value is -3.06. The van der Waals surface area contributed by atoms with Gasteiger partial charge in [-0.25, -0.2) is 13.2 Å². The molecule has 0 aromatic heterocycles. The molecule has 0 saturated heterocycles. The van der Waals surface area contributed by atoms with E-state index in [0.717, 1.165) is 18.2 Å². The molecule has 3 aromatic rings. The number of para-hydroxylation sites is 1. The van der Waals surface area contributed by atoms with Crippen LogP contribution < -0.4 is 10.0 Å². The summed E-state index contributed by atoms with van der Waals surface area (Å²) < 4.78 is 28.5. The third-order valence-corrected chi connectivity index (χ3v) is 5.83. The Bertz CT molecular complexity index is 1110. The van der Waals surface area contributed by atoms with Crippen molar-refractivity contribution in [3.8, 4) is 0 Å². The van der Waals surface area contributed by atoms with Gasteiger partial charge in [-0.15, -0.1) is 0 Å². The fourth-order valence-corrected chi connectivity index (χ4v) is 4.29. The summed E-state index contributed by atoms with van der Waals surface area (Å²) in [7, 11) is -3.98. The van der Waals surface area contributed by atoms with Gasteiger partial charge in [-0.3, -0.25) is 4.72 Å². The van der Waals surface area contributed by atoms with Gasteiger partial charge in [0.2, 0.25) is 0 Å². The van der Waals surface area contributed by atoms with Gasteiger partial charge in [0.05, 0.1) is 16.9 Å². The summed E-state index contributed by atoms with van der Waals surface area (Å²) in [6, 6.07) is 16.7. The van der Waals surface area contributed by atoms with Crippen LogP contribution in [0.15, 0.2) is 65.6 Å². The highest BCUT2D eigenvalue weighted by molar-refractivity contribution is 7.92. The Morgan fingerprint density at radius 1 is 0.964 bits per heavy atom. The highest BCUT2D eigenvalue weighted by atomic mass is 32.2. The average Bonchev–Trinajstić information content (AvgIpc) is 2.67. The van der Waals surface area contributed by atoms with Gasteiger partial charge in [0, 0.05) is 6.54 Å². The summed E-state index contributed by atoms with van der Waals surface area (Å²) >= 11 is 0. The molecule has 0 aliphatic rings. The topological polar surface area (TPSA) is 95.5 Å². The molecule has 3 N–H and O–H groups in total. The van der Waals surface area contributed by atoms with E-state index in [4.69, 9.17) is 0 Å². The van der Waals surface area contributed by atoms with Crippen molar-refractivity contribution in [3.63, 3.8) is 0 Å². The number of carboxylic acid groups (broad SMARTS) is 1. The molecule has 28 heavy (non-hydrogen) atoms. The molecule has 0 aliphatic heterocycles. The zero-order valence-electron chi connectivity index (χ0n) is 15.5. The number of carboxylic acids is 1. The first-order chi connectivity index (χ1) is 13.4. The quantitative estimate of drug-likeness (QED) is 0.484. The minimum absolute atomic E-state index is 0.0366. The number of sulfonamides is 1. The van der Waals surface area contributed by atoms with Crippen molar-refractivity contribution in [1.29, 1.82) is 0 Å². The van der Waals surface area contributed by atoms with Crippen LogP contribution in [0, 0.1) is 0 Å². The summed E-state index contributed by atoms with van der Waals surface area (Å²) in [4.78, 5) is 11.9. The number of aromatic carboxylic acids is 1. The Morgan fingerprint density at radius 3 is 2.43 bits per heavy atom. The van der Waals surface area contributed by atoms with Gasteiger partial charge in [-0.05, 0) is 35.4 Å². The van der Waals surface area contributed by atoms with Gasteiger partial charge in [-0.1, -0.05) is 55.8 Å².